The number of amides is 1. The molecule has 7 heteroatoms. The summed E-state index contributed by atoms with van der Waals surface area (Å²) in [5, 5.41) is 7.55. The van der Waals surface area contributed by atoms with Crippen molar-refractivity contribution in [2.24, 2.45) is 0 Å². The SMILES string of the molecule is O=C1Cc2c(-c3ccc4c(c3)OCO4)n[nH]c2CN1Cc1ccccn1. The Balaban J connectivity index is 1.43. The first-order valence-electron chi connectivity index (χ1n) is 8.42. The van der Waals surface area contributed by atoms with E-state index in [2.05, 4.69) is 15.2 Å². The second-order valence-electron chi connectivity index (χ2n) is 6.35. The van der Waals surface area contributed by atoms with Gasteiger partial charge < -0.3 is 14.4 Å². The van der Waals surface area contributed by atoms with Crippen LogP contribution in [0.5, 0.6) is 11.5 Å². The van der Waals surface area contributed by atoms with Gasteiger partial charge in [0.05, 0.1) is 36.6 Å². The zero-order valence-corrected chi connectivity index (χ0v) is 13.9. The van der Waals surface area contributed by atoms with E-state index in [4.69, 9.17) is 9.47 Å². The molecule has 5 rings (SSSR count). The molecule has 0 unspecified atom stereocenters. The number of ether oxygens (including phenoxy) is 2. The molecule has 26 heavy (non-hydrogen) atoms. The highest BCUT2D eigenvalue weighted by Gasteiger charge is 2.28. The molecule has 2 aliphatic rings. The molecule has 2 aliphatic heterocycles. The number of rotatable bonds is 3. The number of hydrogen-bond acceptors (Lipinski definition) is 5. The summed E-state index contributed by atoms with van der Waals surface area (Å²) in [6.45, 7) is 1.23. The van der Waals surface area contributed by atoms with Crippen LogP contribution in [0.3, 0.4) is 0 Å². The monoisotopic (exact) mass is 348 g/mol. The molecule has 0 bridgehead atoms. The molecular formula is C19H16N4O3. The first kappa shape index (κ1) is 14.9. The Bertz CT molecular complexity index is 984. The van der Waals surface area contributed by atoms with Crippen molar-refractivity contribution in [3.05, 3.63) is 59.5 Å². The van der Waals surface area contributed by atoms with E-state index in [0.29, 0.717) is 25.3 Å². The van der Waals surface area contributed by atoms with E-state index in [-0.39, 0.29) is 12.7 Å². The second-order valence-corrected chi connectivity index (χ2v) is 6.35. The lowest BCUT2D eigenvalue weighted by Crippen LogP contribution is -2.35. The van der Waals surface area contributed by atoms with Crippen molar-refractivity contribution >= 4 is 5.91 Å². The summed E-state index contributed by atoms with van der Waals surface area (Å²) < 4.78 is 10.8. The van der Waals surface area contributed by atoms with Gasteiger partial charge in [-0.05, 0) is 30.3 Å². The fraction of sp³-hybridized carbons (Fsp3) is 0.211. The van der Waals surface area contributed by atoms with Gasteiger partial charge in [0.25, 0.3) is 0 Å². The van der Waals surface area contributed by atoms with E-state index in [1.54, 1.807) is 11.1 Å². The number of pyridine rings is 1. The predicted octanol–water partition coefficient (Wildman–Crippen LogP) is 2.29. The number of aromatic nitrogens is 3. The maximum absolute atomic E-state index is 12.6. The van der Waals surface area contributed by atoms with Crippen molar-refractivity contribution in [3.63, 3.8) is 0 Å². The Labute approximate surface area is 149 Å². The van der Waals surface area contributed by atoms with Crippen LogP contribution < -0.4 is 9.47 Å². The summed E-state index contributed by atoms with van der Waals surface area (Å²) in [5.74, 6) is 1.51. The third-order valence-corrected chi connectivity index (χ3v) is 4.71. The molecule has 0 radical (unpaired) electrons. The molecule has 3 aromatic rings. The van der Waals surface area contributed by atoms with Crippen LogP contribution in [-0.4, -0.2) is 32.8 Å². The van der Waals surface area contributed by atoms with E-state index in [0.717, 1.165) is 34.0 Å². The number of hydrogen-bond donors (Lipinski definition) is 1. The molecule has 1 amide bonds. The molecule has 1 N–H and O–H groups in total. The fourth-order valence-electron chi connectivity index (χ4n) is 3.38. The summed E-state index contributed by atoms with van der Waals surface area (Å²) >= 11 is 0. The molecule has 2 aromatic heterocycles. The molecule has 1 aromatic carbocycles. The standard InChI is InChI=1S/C19H16N4O3/c24-18-8-14-15(10-23(18)9-13-3-1-2-6-20-13)21-22-19(14)12-4-5-16-17(7-12)26-11-25-16/h1-7H,8-11H2,(H,21,22). The molecule has 130 valence electrons. The third-order valence-electron chi connectivity index (χ3n) is 4.71. The molecule has 0 saturated heterocycles. The minimum absolute atomic E-state index is 0.0755. The van der Waals surface area contributed by atoms with Crippen molar-refractivity contribution in [1.82, 2.24) is 20.1 Å². The highest BCUT2D eigenvalue weighted by atomic mass is 16.7. The van der Waals surface area contributed by atoms with Gasteiger partial charge in [-0.1, -0.05) is 6.07 Å². The molecule has 4 heterocycles. The molecule has 7 nitrogen and oxygen atoms in total. The Hall–Kier alpha value is -3.35. The van der Waals surface area contributed by atoms with Crippen molar-refractivity contribution in [1.29, 1.82) is 0 Å². The summed E-state index contributed by atoms with van der Waals surface area (Å²) in [5.41, 5.74) is 4.50. The van der Waals surface area contributed by atoms with Crippen molar-refractivity contribution in [3.8, 4) is 22.8 Å². The highest BCUT2D eigenvalue weighted by Crippen LogP contribution is 2.37. The summed E-state index contributed by atoms with van der Waals surface area (Å²) in [4.78, 5) is 18.7. The van der Waals surface area contributed by atoms with Gasteiger partial charge in [0.15, 0.2) is 11.5 Å². The average molecular weight is 348 g/mol. The van der Waals surface area contributed by atoms with Gasteiger partial charge in [-0.15, -0.1) is 0 Å². The number of carbonyl (C=O) groups excluding carboxylic acids is 1. The minimum Gasteiger partial charge on any atom is -0.454 e. The number of nitrogens with one attached hydrogen (secondary N) is 1. The van der Waals surface area contributed by atoms with E-state index >= 15 is 0 Å². The predicted molar refractivity (Wildman–Crippen MR) is 92.3 cm³/mol. The van der Waals surface area contributed by atoms with Crippen molar-refractivity contribution < 1.29 is 14.3 Å². The van der Waals surface area contributed by atoms with Crippen LogP contribution in [0, 0.1) is 0 Å². The summed E-state index contributed by atoms with van der Waals surface area (Å²) in [6, 6.07) is 11.4. The Kier molecular flexibility index (Phi) is 3.38. The van der Waals surface area contributed by atoms with Gasteiger partial charge in [-0.2, -0.15) is 5.10 Å². The number of H-pyrrole nitrogens is 1. The Morgan fingerprint density at radius 2 is 2.08 bits per heavy atom. The Morgan fingerprint density at radius 1 is 1.15 bits per heavy atom. The zero-order valence-electron chi connectivity index (χ0n) is 13.9. The van der Waals surface area contributed by atoms with E-state index in [9.17, 15) is 4.79 Å². The van der Waals surface area contributed by atoms with E-state index in [1.807, 2.05) is 36.4 Å². The second kappa shape index (κ2) is 5.87. The van der Waals surface area contributed by atoms with E-state index in [1.165, 1.54) is 0 Å². The van der Waals surface area contributed by atoms with Crippen LogP contribution in [0.1, 0.15) is 17.0 Å². The molecule has 0 atom stereocenters. The molecule has 0 fully saturated rings. The lowest BCUT2D eigenvalue weighted by molar-refractivity contribution is -0.132. The topological polar surface area (TPSA) is 80.3 Å². The van der Waals surface area contributed by atoms with Crippen LogP contribution in [0.25, 0.3) is 11.3 Å². The van der Waals surface area contributed by atoms with Crippen LogP contribution in [0.15, 0.2) is 42.6 Å². The minimum atomic E-state index is 0.0755. The van der Waals surface area contributed by atoms with Gasteiger partial charge in [-0.3, -0.25) is 14.9 Å². The van der Waals surface area contributed by atoms with Gasteiger partial charge in [0.2, 0.25) is 12.7 Å². The summed E-state index contributed by atoms with van der Waals surface area (Å²) in [7, 11) is 0. The van der Waals surface area contributed by atoms with E-state index < -0.39 is 0 Å². The van der Waals surface area contributed by atoms with Crippen molar-refractivity contribution in [2.75, 3.05) is 6.79 Å². The van der Waals surface area contributed by atoms with Crippen LogP contribution >= 0.6 is 0 Å². The lowest BCUT2D eigenvalue weighted by Gasteiger charge is -2.26. The van der Waals surface area contributed by atoms with Gasteiger partial charge >= 0.3 is 0 Å². The summed E-state index contributed by atoms with van der Waals surface area (Å²) in [6.07, 6.45) is 2.06. The van der Waals surface area contributed by atoms with Crippen LogP contribution in [-0.2, 0) is 24.3 Å². The normalized spacial score (nSPS) is 15.2. The first-order valence-corrected chi connectivity index (χ1v) is 8.42. The number of carbonyl (C=O) groups is 1. The molecule has 0 spiro atoms. The quantitative estimate of drug-likeness (QED) is 0.785. The number of fused-ring (bicyclic) bond motifs is 2. The van der Waals surface area contributed by atoms with Gasteiger partial charge in [0, 0.05) is 17.3 Å². The van der Waals surface area contributed by atoms with Gasteiger partial charge in [0.1, 0.15) is 0 Å². The Morgan fingerprint density at radius 3 is 2.96 bits per heavy atom. The fourth-order valence-corrected chi connectivity index (χ4v) is 3.38. The average Bonchev–Trinajstić information content (AvgIpc) is 3.29. The zero-order chi connectivity index (χ0) is 17.5. The molecule has 0 aliphatic carbocycles. The number of nitrogens with zero attached hydrogens (tertiary/aromatic N) is 3. The first-order chi connectivity index (χ1) is 12.8. The third kappa shape index (κ3) is 2.48. The van der Waals surface area contributed by atoms with Crippen LogP contribution in [0.2, 0.25) is 0 Å². The number of benzene rings is 1. The van der Waals surface area contributed by atoms with Crippen LogP contribution in [0.4, 0.5) is 0 Å². The molecule has 0 saturated carbocycles. The highest BCUT2D eigenvalue weighted by molar-refractivity contribution is 5.84. The maximum Gasteiger partial charge on any atom is 0.231 e. The smallest absolute Gasteiger partial charge is 0.231 e. The van der Waals surface area contributed by atoms with Gasteiger partial charge in [-0.25, -0.2) is 0 Å². The van der Waals surface area contributed by atoms with Crippen molar-refractivity contribution in [2.45, 2.75) is 19.5 Å². The lowest BCUT2D eigenvalue weighted by atomic mass is 9.99. The maximum atomic E-state index is 12.6. The molecular weight excluding hydrogens is 332 g/mol. The number of aromatic amines is 1. The largest absolute Gasteiger partial charge is 0.454 e.